The molecule has 48 valence electrons. The molecule has 0 bridgehead atoms. The number of rotatable bonds is 3. The molecule has 0 saturated heterocycles. The van der Waals surface area contributed by atoms with Gasteiger partial charge in [0.25, 0.3) is 0 Å². The summed E-state index contributed by atoms with van der Waals surface area (Å²) < 4.78 is 0. The summed E-state index contributed by atoms with van der Waals surface area (Å²) in [6.07, 6.45) is -0.541. The molecule has 0 amide bonds. The van der Waals surface area contributed by atoms with Crippen molar-refractivity contribution in [2.24, 2.45) is 0 Å². The van der Waals surface area contributed by atoms with Crippen molar-refractivity contribution in [3.8, 4) is 0 Å². The maximum absolute atomic E-state index is 8.13. The van der Waals surface area contributed by atoms with Gasteiger partial charge in [-0.1, -0.05) is 0 Å². The quantitative estimate of drug-likeness (QED) is 0.325. The van der Waals surface area contributed by atoms with Crippen LogP contribution in [0.3, 0.4) is 0 Å². The van der Waals surface area contributed by atoms with Gasteiger partial charge >= 0.3 is 37.7 Å². The predicted molar refractivity (Wildman–Crippen MR) is 33.1 cm³/mol. The molecular formula is C4H12CaO3. The van der Waals surface area contributed by atoms with Crippen molar-refractivity contribution in [2.75, 3.05) is 6.61 Å². The zero-order valence-corrected chi connectivity index (χ0v) is 4.04. The third kappa shape index (κ3) is 10.2. The molecule has 0 fully saturated rings. The molecule has 8 heavy (non-hydrogen) atoms. The Bertz CT molecular complexity index is 40.3. The normalized spacial score (nSPS) is 9.00. The van der Waals surface area contributed by atoms with Gasteiger partial charge in [-0.2, -0.15) is 0 Å². The second kappa shape index (κ2) is 8.14. The molecule has 0 saturated carbocycles. The van der Waals surface area contributed by atoms with Crippen molar-refractivity contribution in [3.05, 3.63) is 0 Å². The molecule has 0 aromatic heterocycles. The van der Waals surface area contributed by atoms with Gasteiger partial charge in [-0.15, -0.1) is 0 Å². The van der Waals surface area contributed by atoms with Crippen LogP contribution >= 0.6 is 0 Å². The summed E-state index contributed by atoms with van der Waals surface area (Å²) in [4.78, 5) is 0. The summed E-state index contributed by atoms with van der Waals surface area (Å²) in [7, 11) is 0. The van der Waals surface area contributed by atoms with E-state index in [1.54, 1.807) is 0 Å². The SMILES string of the molecule is OCCCC(O)O.[CaH2]. The van der Waals surface area contributed by atoms with Gasteiger partial charge < -0.3 is 15.3 Å². The number of hydrogen-bond acceptors (Lipinski definition) is 3. The minimum absolute atomic E-state index is 0. The first-order valence-electron chi connectivity index (χ1n) is 2.24. The Labute approximate surface area is 78.3 Å². The molecular weight excluding hydrogens is 136 g/mol. The van der Waals surface area contributed by atoms with Crippen molar-refractivity contribution >= 4 is 37.7 Å². The van der Waals surface area contributed by atoms with E-state index >= 15 is 0 Å². The minimum atomic E-state index is -1.26. The molecule has 0 unspecified atom stereocenters. The van der Waals surface area contributed by atoms with Crippen LogP contribution in [-0.4, -0.2) is 66.0 Å². The second-order valence-corrected chi connectivity index (χ2v) is 1.35. The first kappa shape index (κ1) is 11.9. The number of aliphatic hydroxyl groups is 3. The van der Waals surface area contributed by atoms with Gasteiger partial charge in [-0.3, -0.25) is 0 Å². The van der Waals surface area contributed by atoms with Crippen molar-refractivity contribution in [1.29, 1.82) is 0 Å². The van der Waals surface area contributed by atoms with E-state index in [-0.39, 0.29) is 50.8 Å². The fraction of sp³-hybridized carbons (Fsp3) is 1.00. The van der Waals surface area contributed by atoms with Gasteiger partial charge in [-0.25, -0.2) is 0 Å². The molecule has 0 radical (unpaired) electrons. The van der Waals surface area contributed by atoms with Crippen molar-refractivity contribution in [3.63, 3.8) is 0 Å². The van der Waals surface area contributed by atoms with Crippen LogP contribution < -0.4 is 0 Å². The van der Waals surface area contributed by atoms with E-state index in [0.29, 0.717) is 6.42 Å². The standard InChI is InChI=1S/C4H10O3.Ca.2H/c5-3-1-2-4(6)7;;;/h4-7H,1-3H2;;;. The molecule has 0 heterocycles. The van der Waals surface area contributed by atoms with Crippen LogP contribution in [-0.2, 0) is 0 Å². The predicted octanol–water partition coefficient (Wildman–Crippen LogP) is -1.85. The molecule has 0 aromatic carbocycles. The van der Waals surface area contributed by atoms with E-state index < -0.39 is 6.29 Å². The van der Waals surface area contributed by atoms with Gasteiger partial charge in [0, 0.05) is 13.0 Å². The van der Waals surface area contributed by atoms with Crippen LogP contribution in [0.25, 0.3) is 0 Å². The Hall–Kier alpha value is 1.14. The Morgan fingerprint density at radius 1 is 1.25 bits per heavy atom. The summed E-state index contributed by atoms with van der Waals surface area (Å²) >= 11 is 0. The van der Waals surface area contributed by atoms with Crippen molar-refractivity contribution in [1.82, 2.24) is 0 Å². The topological polar surface area (TPSA) is 60.7 Å². The molecule has 0 spiro atoms. The van der Waals surface area contributed by atoms with Gasteiger partial charge in [0.05, 0.1) is 0 Å². The third-order valence-electron chi connectivity index (χ3n) is 0.620. The zero-order valence-electron chi connectivity index (χ0n) is 4.04. The fourth-order valence-electron chi connectivity index (χ4n) is 0.274. The maximum atomic E-state index is 8.13. The third-order valence-corrected chi connectivity index (χ3v) is 0.620. The molecule has 0 aliphatic rings. The number of aliphatic hydroxyl groups excluding tert-OH is 2. The van der Waals surface area contributed by atoms with Gasteiger partial charge in [0.15, 0.2) is 6.29 Å². The summed E-state index contributed by atoms with van der Waals surface area (Å²) in [6.45, 7) is 0.0254. The van der Waals surface area contributed by atoms with E-state index in [1.165, 1.54) is 0 Å². The molecule has 3 nitrogen and oxygen atoms in total. The summed E-state index contributed by atoms with van der Waals surface area (Å²) in [6, 6.07) is 0. The Balaban J connectivity index is 0. The molecule has 0 aliphatic carbocycles. The summed E-state index contributed by atoms with van der Waals surface area (Å²) in [5, 5.41) is 24.3. The second-order valence-electron chi connectivity index (χ2n) is 1.35. The fourth-order valence-corrected chi connectivity index (χ4v) is 0.274. The molecule has 0 aliphatic heterocycles. The van der Waals surface area contributed by atoms with Gasteiger partial charge in [-0.05, 0) is 6.42 Å². The van der Waals surface area contributed by atoms with Crippen LogP contribution in [0.1, 0.15) is 12.8 Å². The zero-order chi connectivity index (χ0) is 5.70. The van der Waals surface area contributed by atoms with Crippen LogP contribution in [0.4, 0.5) is 0 Å². The van der Waals surface area contributed by atoms with Crippen LogP contribution in [0.2, 0.25) is 0 Å². The van der Waals surface area contributed by atoms with Crippen LogP contribution in [0, 0.1) is 0 Å². The van der Waals surface area contributed by atoms with Gasteiger partial charge in [0.1, 0.15) is 0 Å². The van der Waals surface area contributed by atoms with Crippen LogP contribution in [0.5, 0.6) is 0 Å². The Morgan fingerprint density at radius 3 is 1.88 bits per heavy atom. The first-order chi connectivity index (χ1) is 3.27. The molecule has 0 atom stereocenters. The van der Waals surface area contributed by atoms with Gasteiger partial charge in [0.2, 0.25) is 0 Å². The van der Waals surface area contributed by atoms with E-state index in [0.717, 1.165) is 0 Å². The summed E-state index contributed by atoms with van der Waals surface area (Å²) in [5.74, 6) is 0. The average molecular weight is 148 g/mol. The first-order valence-corrected chi connectivity index (χ1v) is 2.24. The van der Waals surface area contributed by atoms with E-state index in [9.17, 15) is 0 Å². The van der Waals surface area contributed by atoms with E-state index in [1.807, 2.05) is 0 Å². The van der Waals surface area contributed by atoms with Crippen molar-refractivity contribution in [2.45, 2.75) is 19.1 Å². The number of hydrogen-bond donors (Lipinski definition) is 3. The molecule has 3 N–H and O–H groups in total. The monoisotopic (exact) mass is 148 g/mol. The molecule has 0 rings (SSSR count). The van der Waals surface area contributed by atoms with Crippen molar-refractivity contribution < 1.29 is 15.3 Å². The van der Waals surface area contributed by atoms with E-state index in [4.69, 9.17) is 15.3 Å². The summed E-state index contributed by atoms with van der Waals surface area (Å²) in [5.41, 5.74) is 0. The van der Waals surface area contributed by atoms with Crippen LogP contribution in [0.15, 0.2) is 0 Å². The molecule has 4 heteroatoms. The Kier molecular flexibility index (Phi) is 12.1. The van der Waals surface area contributed by atoms with E-state index in [2.05, 4.69) is 0 Å². The average Bonchev–Trinajstić information content (AvgIpc) is 1.61. The Morgan fingerprint density at radius 2 is 1.75 bits per heavy atom. The molecule has 0 aromatic rings.